The Balaban J connectivity index is 2.11. The van der Waals surface area contributed by atoms with Crippen molar-refractivity contribution in [2.45, 2.75) is 12.5 Å². The number of benzene rings is 1. The van der Waals surface area contributed by atoms with E-state index in [2.05, 4.69) is 0 Å². The minimum Gasteiger partial charge on any atom is -0.507 e. The molecule has 1 aromatic heterocycles. The van der Waals surface area contributed by atoms with Crippen LogP contribution in [-0.2, 0) is 9.59 Å². The number of carbonyl (C=O) groups excluding carboxylic acids is 2. The fraction of sp³-hybridized carbons (Fsp3) is 0.222. The number of aliphatic hydroxyl groups excluding tert-OH is 2. The molecule has 6 nitrogen and oxygen atoms in total. The molecule has 1 fully saturated rings. The van der Waals surface area contributed by atoms with Crippen molar-refractivity contribution in [3.05, 3.63) is 65.4 Å². The Morgan fingerprint density at radius 3 is 2.52 bits per heavy atom. The molecule has 2 aromatic rings. The first-order valence-corrected chi connectivity index (χ1v) is 7.73. The summed E-state index contributed by atoms with van der Waals surface area (Å²) in [6.45, 7) is -0.0154. The molecule has 0 bridgehead atoms. The lowest BCUT2D eigenvalue weighted by molar-refractivity contribution is -0.140. The SMILES string of the molecule is O=C1C(=O)N(CCCO)C(c2ccco2)C1=C(O)c1ccc(F)cc1. The number of aliphatic hydroxyl groups is 2. The number of likely N-dealkylation sites (tertiary alicyclic amines) is 1. The largest absolute Gasteiger partial charge is 0.507 e. The van der Waals surface area contributed by atoms with Crippen LogP contribution >= 0.6 is 0 Å². The summed E-state index contributed by atoms with van der Waals surface area (Å²) in [5.41, 5.74) is 0.0996. The van der Waals surface area contributed by atoms with E-state index in [1.165, 1.54) is 23.3 Å². The minimum atomic E-state index is -0.897. The number of carbonyl (C=O) groups is 2. The van der Waals surface area contributed by atoms with Gasteiger partial charge in [-0.15, -0.1) is 0 Å². The fourth-order valence-corrected chi connectivity index (χ4v) is 2.86. The molecule has 7 heteroatoms. The van der Waals surface area contributed by atoms with E-state index < -0.39 is 29.3 Å². The number of rotatable bonds is 5. The number of furan rings is 1. The van der Waals surface area contributed by atoms with E-state index in [0.717, 1.165) is 12.1 Å². The lowest BCUT2D eigenvalue weighted by Crippen LogP contribution is -2.31. The summed E-state index contributed by atoms with van der Waals surface area (Å²) in [4.78, 5) is 26.1. The van der Waals surface area contributed by atoms with Crippen LogP contribution in [0.25, 0.3) is 5.76 Å². The molecule has 0 spiro atoms. The third kappa shape index (κ3) is 3.06. The molecule has 0 radical (unpaired) electrons. The first-order valence-electron chi connectivity index (χ1n) is 7.73. The van der Waals surface area contributed by atoms with Crippen molar-refractivity contribution >= 4 is 17.4 Å². The summed E-state index contributed by atoms with van der Waals surface area (Å²) in [5, 5.41) is 19.6. The maximum atomic E-state index is 13.1. The van der Waals surface area contributed by atoms with Crippen LogP contribution in [-0.4, -0.2) is 40.0 Å². The van der Waals surface area contributed by atoms with E-state index in [9.17, 15) is 19.1 Å². The number of amides is 1. The van der Waals surface area contributed by atoms with E-state index in [-0.39, 0.29) is 30.7 Å². The number of nitrogens with zero attached hydrogens (tertiary/aromatic N) is 1. The van der Waals surface area contributed by atoms with Gasteiger partial charge in [0.1, 0.15) is 23.4 Å². The van der Waals surface area contributed by atoms with E-state index in [4.69, 9.17) is 9.52 Å². The molecule has 1 aliphatic rings. The van der Waals surface area contributed by atoms with Gasteiger partial charge in [-0.3, -0.25) is 9.59 Å². The van der Waals surface area contributed by atoms with Gasteiger partial charge < -0.3 is 19.5 Å². The lowest BCUT2D eigenvalue weighted by atomic mass is 9.99. The monoisotopic (exact) mass is 345 g/mol. The highest BCUT2D eigenvalue weighted by Gasteiger charge is 2.47. The van der Waals surface area contributed by atoms with Gasteiger partial charge in [0.15, 0.2) is 0 Å². The summed E-state index contributed by atoms with van der Waals surface area (Å²) in [5.74, 6) is -2.19. The smallest absolute Gasteiger partial charge is 0.295 e. The highest BCUT2D eigenvalue weighted by molar-refractivity contribution is 6.46. The Morgan fingerprint density at radius 1 is 1.20 bits per heavy atom. The maximum absolute atomic E-state index is 13.1. The lowest BCUT2D eigenvalue weighted by Gasteiger charge is -2.22. The van der Waals surface area contributed by atoms with Crippen molar-refractivity contribution in [2.75, 3.05) is 13.2 Å². The quantitative estimate of drug-likeness (QED) is 0.493. The van der Waals surface area contributed by atoms with Crippen molar-refractivity contribution in [3.8, 4) is 0 Å². The highest BCUT2D eigenvalue weighted by Crippen LogP contribution is 2.39. The van der Waals surface area contributed by atoms with Gasteiger partial charge in [-0.25, -0.2) is 4.39 Å². The fourth-order valence-electron chi connectivity index (χ4n) is 2.86. The normalized spacial score (nSPS) is 19.6. The Kier molecular flexibility index (Phi) is 4.67. The average Bonchev–Trinajstić information content (AvgIpc) is 3.21. The minimum absolute atomic E-state index is 0.121. The predicted molar refractivity (Wildman–Crippen MR) is 85.8 cm³/mol. The molecule has 0 saturated carbocycles. The molecule has 1 atom stereocenters. The van der Waals surface area contributed by atoms with Crippen LogP contribution in [0.1, 0.15) is 23.8 Å². The van der Waals surface area contributed by atoms with Gasteiger partial charge in [-0.05, 0) is 42.8 Å². The molecule has 3 rings (SSSR count). The van der Waals surface area contributed by atoms with Crippen LogP contribution in [0.4, 0.5) is 4.39 Å². The molecule has 130 valence electrons. The summed E-state index contributed by atoms with van der Waals surface area (Å²) in [7, 11) is 0. The Morgan fingerprint density at radius 2 is 1.92 bits per heavy atom. The van der Waals surface area contributed by atoms with Gasteiger partial charge >= 0.3 is 0 Å². The van der Waals surface area contributed by atoms with Crippen molar-refractivity contribution < 1.29 is 28.6 Å². The van der Waals surface area contributed by atoms with E-state index in [0.29, 0.717) is 5.76 Å². The Labute approximate surface area is 142 Å². The molecule has 1 amide bonds. The van der Waals surface area contributed by atoms with Gasteiger partial charge in [0, 0.05) is 18.7 Å². The second kappa shape index (κ2) is 6.90. The second-order valence-corrected chi connectivity index (χ2v) is 5.59. The van der Waals surface area contributed by atoms with Crippen molar-refractivity contribution in [1.29, 1.82) is 0 Å². The molecule has 2 heterocycles. The van der Waals surface area contributed by atoms with Gasteiger partial charge in [-0.2, -0.15) is 0 Å². The average molecular weight is 345 g/mol. The number of Topliss-reactive ketones (excluding diaryl/α,β-unsaturated/α-hetero) is 1. The Bertz CT molecular complexity index is 811. The first-order chi connectivity index (χ1) is 12.0. The molecule has 1 aliphatic heterocycles. The molecular weight excluding hydrogens is 329 g/mol. The van der Waals surface area contributed by atoms with Gasteiger partial charge in [0.25, 0.3) is 11.7 Å². The van der Waals surface area contributed by atoms with E-state index in [1.54, 1.807) is 12.1 Å². The van der Waals surface area contributed by atoms with Crippen LogP contribution in [0, 0.1) is 5.82 Å². The molecular formula is C18H16FNO5. The van der Waals surface area contributed by atoms with Crippen molar-refractivity contribution in [3.63, 3.8) is 0 Å². The zero-order chi connectivity index (χ0) is 18.0. The third-order valence-electron chi connectivity index (χ3n) is 4.03. The third-order valence-corrected chi connectivity index (χ3v) is 4.03. The van der Waals surface area contributed by atoms with Crippen LogP contribution < -0.4 is 0 Å². The molecule has 1 unspecified atom stereocenters. The van der Waals surface area contributed by atoms with Crippen LogP contribution in [0.5, 0.6) is 0 Å². The van der Waals surface area contributed by atoms with E-state index in [1.807, 2.05) is 0 Å². The van der Waals surface area contributed by atoms with Gasteiger partial charge in [-0.1, -0.05) is 0 Å². The van der Waals surface area contributed by atoms with Crippen LogP contribution in [0.3, 0.4) is 0 Å². The van der Waals surface area contributed by atoms with E-state index >= 15 is 0 Å². The predicted octanol–water partition coefficient (Wildman–Crippen LogP) is 2.22. The molecule has 0 aliphatic carbocycles. The zero-order valence-electron chi connectivity index (χ0n) is 13.2. The van der Waals surface area contributed by atoms with Gasteiger partial charge in [0.2, 0.25) is 0 Å². The molecule has 1 saturated heterocycles. The highest BCUT2D eigenvalue weighted by atomic mass is 19.1. The summed E-state index contributed by atoms with van der Waals surface area (Å²) in [6.07, 6.45) is 1.68. The Hall–Kier alpha value is -2.93. The number of ketones is 1. The van der Waals surface area contributed by atoms with Crippen molar-refractivity contribution in [1.82, 2.24) is 4.90 Å². The van der Waals surface area contributed by atoms with Gasteiger partial charge in [0.05, 0.1) is 11.8 Å². The summed E-state index contributed by atoms with van der Waals surface area (Å²) >= 11 is 0. The molecule has 25 heavy (non-hydrogen) atoms. The molecule has 1 aromatic carbocycles. The standard InChI is InChI=1S/C18H16FNO5/c19-12-6-4-11(5-7-12)16(22)14-15(13-3-1-10-25-13)20(8-2-9-21)18(24)17(14)23/h1,3-7,10,15,21-22H,2,8-9H2. The molecule has 2 N–H and O–H groups in total. The summed E-state index contributed by atoms with van der Waals surface area (Å²) < 4.78 is 18.4. The number of hydrogen-bond acceptors (Lipinski definition) is 5. The second-order valence-electron chi connectivity index (χ2n) is 5.59. The summed E-state index contributed by atoms with van der Waals surface area (Å²) in [6, 6.07) is 7.26. The maximum Gasteiger partial charge on any atom is 0.295 e. The number of halogens is 1. The number of hydrogen-bond donors (Lipinski definition) is 2. The van der Waals surface area contributed by atoms with Crippen molar-refractivity contribution in [2.24, 2.45) is 0 Å². The first kappa shape index (κ1) is 16.9. The zero-order valence-corrected chi connectivity index (χ0v) is 13.2. The topological polar surface area (TPSA) is 91.0 Å². The van der Waals surface area contributed by atoms with Crippen LogP contribution in [0.2, 0.25) is 0 Å². The van der Waals surface area contributed by atoms with Crippen LogP contribution in [0.15, 0.2) is 52.7 Å².